The van der Waals surface area contributed by atoms with E-state index < -0.39 is 9.04 Å². The summed E-state index contributed by atoms with van der Waals surface area (Å²) in [5.41, 5.74) is 1.25. The van der Waals surface area contributed by atoms with E-state index in [9.17, 15) is 0 Å². The number of hydrogen-bond donors (Lipinski definition) is 0. The molecule has 3 aromatic rings. The summed E-state index contributed by atoms with van der Waals surface area (Å²) < 4.78 is 6.66. The van der Waals surface area contributed by atoms with E-state index in [1.165, 1.54) is 15.9 Å². The lowest BCUT2D eigenvalue weighted by Crippen LogP contribution is -2.45. The van der Waals surface area contributed by atoms with Crippen molar-refractivity contribution >= 4 is 19.4 Å². The lowest BCUT2D eigenvalue weighted by atomic mass is 10.1. The molecule has 0 N–H and O–H groups in total. The molecular formula is C21H21OSi. The van der Waals surface area contributed by atoms with Crippen LogP contribution in [0.4, 0.5) is 0 Å². The molecule has 0 bridgehead atoms. The van der Waals surface area contributed by atoms with Crippen LogP contribution in [0.2, 0.25) is 0 Å². The van der Waals surface area contributed by atoms with E-state index in [-0.39, 0.29) is 6.10 Å². The summed E-state index contributed by atoms with van der Waals surface area (Å²) >= 11 is 0. The van der Waals surface area contributed by atoms with Gasteiger partial charge >= 0.3 is 0 Å². The third-order valence-corrected chi connectivity index (χ3v) is 6.11. The highest BCUT2D eigenvalue weighted by atomic mass is 28.3. The second-order valence-electron chi connectivity index (χ2n) is 5.49. The van der Waals surface area contributed by atoms with Crippen LogP contribution in [-0.2, 0) is 4.43 Å². The number of benzene rings is 3. The molecule has 0 fully saturated rings. The first-order chi connectivity index (χ1) is 11.4. The molecule has 0 aromatic heterocycles. The Morgan fingerprint density at radius 3 is 1.57 bits per heavy atom. The Morgan fingerprint density at radius 1 is 0.696 bits per heavy atom. The van der Waals surface area contributed by atoms with Crippen LogP contribution in [0, 0.1) is 0 Å². The van der Waals surface area contributed by atoms with Crippen LogP contribution in [0.3, 0.4) is 0 Å². The normalized spacial score (nSPS) is 12.3. The molecule has 115 valence electrons. The van der Waals surface area contributed by atoms with Gasteiger partial charge in [-0.2, -0.15) is 0 Å². The van der Waals surface area contributed by atoms with Gasteiger partial charge in [0.25, 0.3) is 9.04 Å². The summed E-state index contributed by atoms with van der Waals surface area (Å²) in [5.74, 6) is 0. The van der Waals surface area contributed by atoms with Crippen molar-refractivity contribution in [1.29, 1.82) is 0 Å². The van der Waals surface area contributed by atoms with Crippen LogP contribution in [0.5, 0.6) is 0 Å². The van der Waals surface area contributed by atoms with Gasteiger partial charge in [-0.15, -0.1) is 0 Å². The van der Waals surface area contributed by atoms with Gasteiger partial charge in [-0.3, -0.25) is 0 Å². The fourth-order valence-corrected chi connectivity index (χ4v) is 4.86. The van der Waals surface area contributed by atoms with Gasteiger partial charge in [-0.05, 0) is 22.4 Å². The van der Waals surface area contributed by atoms with Crippen molar-refractivity contribution in [2.24, 2.45) is 0 Å². The fourth-order valence-electron chi connectivity index (χ4n) is 2.68. The summed E-state index contributed by atoms with van der Waals surface area (Å²) in [6.45, 7) is 2.19. The van der Waals surface area contributed by atoms with Gasteiger partial charge in [0.05, 0.1) is 6.10 Å². The summed E-state index contributed by atoms with van der Waals surface area (Å²) in [6.07, 6.45) is 1.10. The zero-order valence-corrected chi connectivity index (χ0v) is 14.4. The number of rotatable bonds is 6. The standard InChI is InChI=1S/C21H21OSi/c1-2-21(18-12-6-3-7-13-18)22-23(19-14-8-4-9-15-19)20-16-10-5-11-17-20/h3-17,21H,2H2,1H3/t21-/m0/s1. The molecule has 0 aliphatic carbocycles. The van der Waals surface area contributed by atoms with E-state index in [1.807, 2.05) is 0 Å². The second kappa shape index (κ2) is 7.91. The molecule has 0 saturated carbocycles. The second-order valence-corrected chi connectivity index (χ2v) is 7.54. The third kappa shape index (κ3) is 3.98. The van der Waals surface area contributed by atoms with Crippen LogP contribution >= 0.6 is 0 Å². The van der Waals surface area contributed by atoms with Crippen LogP contribution in [0.25, 0.3) is 0 Å². The molecule has 2 heteroatoms. The smallest absolute Gasteiger partial charge is 0.283 e. The molecule has 0 spiro atoms. The van der Waals surface area contributed by atoms with Gasteiger partial charge in [-0.25, -0.2) is 0 Å². The summed E-state index contributed by atoms with van der Waals surface area (Å²) in [6, 6.07) is 31.7. The molecule has 1 radical (unpaired) electrons. The molecule has 0 aliphatic rings. The first kappa shape index (κ1) is 15.7. The van der Waals surface area contributed by atoms with E-state index in [0.29, 0.717) is 0 Å². The molecule has 3 rings (SSSR count). The van der Waals surface area contributed by atoms with E-state index in [0.717, 1.165) is 6.42 Å². The quantitative estimate of drug-likeness (QED) is 0.625. The van der Waals surface area contributed by atoms with Crippen molar-refractivity contribution in [2.75, 3.05) is 0 Å². The molecule has 0 aliphatic heterocycles. The maximum Gasteiger partial charge on any atom is 0.283 e. The summed E-state index contributed by atoms with van der Waals surface area (Å²) in [4.78, 5) is 0. The minimum Gasteiger partial charge on any atom is -0.400 e. The Balaban J connectivity index is 1.93. The first-order valence-corrected chi connectivity index (χ1v) is 9.48. The largest absolute Gasteiger partial charge is 0.400 e. The molecule has 3 aromatic carbocycles. The fraction of sp³-hybridized carbons (Fsp3) is 0.143. The predicted octanol–water partition coefficient (Wildman–Crippen LogP) is 3.96. The molecule has 1 nitrogen and oxygen atoms in total. The Labute approximate surface area is 140 Å². The highest BCUT2D eigenvalue weighted by Crippen LogP contribution is 2.21. The SMILES string of the molecule is CC[C@H](O[Si](c1ccccc1)c1ccccc1)c1ccccc1. The molecule has 0 heterocycles. The maximum atomic E-state index is 6.66. The topological polar surface area (TPSA) is 9.23 Å². The van der Waals surface area contributed by atoms with Crippen LogP contribution in [0.15, 0.2) is 91.0 Å². The summed E-state index contributed by atoms with van der Waals surface area (Å²) in [5, 5.41) is 2.58. The van der Waals surface area contributed by atoms with Gasteiger partial charge < -0.3 is 4.43 Å². The van der Waals surface area contributed by atoms with Crippen molar-refractivity contribution < 1.29 is 4.43 Å². The molecule has 23 heavy (non-hydrogen) atoms. The Hall–Kier alpha value is -2.16. The molecule has 1 atom stereocenters. The van der Waals surface area contributed by atoms with Gasteiger partial charge in [-0.1, -0.05) is 97.9 Å². The first-order valence-electron chi connectivity index (χ1n) is 8.08. The number of hydrogen-bond acceptors (Lipinski definition) is 1. The van der Waals surface area contributed by atoms with Crippen LogP contribution < -0.4 is 10.4 Å². The molecule has 0 saturated heterocycles. The van der Waals surface area contributed by atoms with Crippen molar-refractivity contribution in [3.63, 3.8) is 0 Å². The van der Waals surface area contributed by atoms with E-state index in [4.69, 9.17) is 4.43 Å². The maximum absolute atomic E-state index is 6.66. The summed E-state index contributed by atoms with van der Waals surface area (Å²) in [7, 11) is -1.26. The zero-order chi connectivity index (χ0) is 15.9. The average molecular weight is 317 g/mol. The van der Waals surface area contributed by atoms with E-state index in [1.54, 1.807) is 0 Å². The lowest BCUT2D eigenvalue weighted by Gasteiger charge is -2.23. The minimum atomic E-state index is -1.26. The van der Waals surface area contributed by atoms with Crippen LogP contribution in [0.1, 0.15) is 25.0 Å². The van der Waals surface area contributed by atoms with E-state index >= 15 is 0 Å². The van der Waals surface area contributed by atoms with Gasteiger partial charge in [0.15, 0.2) is 0 Å². The lowest BCUT2D eigenvalue weighted by molar-refractivity contribution is 0.210. The van der Waals surface area contributed by atoms with Crippen molar-refractivity contribution in [3.05, 3.63) is 96.6 Å². The van der Waals surface area contributed by atoms with Crippen molar-refractivity contribution in [1.82, 2.24) is 0 Å². The third-order valence-electron chi connectivity index (χ3n) is 3.87. The monoisotopic (exact) mass is 317 g/mol. The van der Waals surface area contributed by atoms with Crippen molar-refractivity contribution in [3.8, 4) is 0 Å². The van der Waals surface area contributed by atoms with Crippen molar-refractivity contribution in [2.45, 2.75) is 19.4 Å². The highest BCUT2D eigenvalue weighted by molar-refractivity contribution is 6.80. The van der Waals surface area contributed by atoms with Gasteiger partial charge in [0.2, 0.25) is 0 Å². The average Bonchev–Trinajstić information content (AvgIpc) is 2.65. The predicted molar refractivity (Wildman–Crippen MR) is 98.5 cm³/mol. The Bertz CT molecular complexity index is 658. The Morgan fingerprint density at radius 2 is 1.13 bits per heavy atom. The van der Waals surface area contributed by atoms with E-state index in [2.05, 4.69) is 97.9 Å². The molecular weight excluding hydrogens is 296 g/mol. The molecule has 0 amide bonds. The highest BCUT2D eigenvalue weighted by Gasteiger charge is 2.23. The zero-order valence-electron chi connectivity index (χ0n) is 13.4. The van der Waals surface area contributed by atoms with Gasteiger partial charge in [0, 0.05) is 0 Å². The van der Waals surface area contributed by atoms with Gasteiger partial charge in [0.1, 0.15) is 0 Å². The van der Waals surface area contributed by atoms with Crippen LogP contribution in [-0.4, -0.2) is 9.04 Å². The molecule has 0 unspecified atom stereocenters. The Kier molecular flexibility index (Phi) is 5.40. The minimum absolute atomic E-state index is 0.130.